The van der Waals surface area contributed by atoms with E-state index in [1.165, 1.54) is 0 Å². The van der Waals surface area contributed by atoms with Gasteiger partial charge in [-0.1, -0.05) is 24.2 Å². The molecule has 0 spiro atoms. The van der Waals surface area contributed by atoms with Gasteiger partial charge in [-0.05, 0) is 37.1 Å². The van der Waals surface area contributed by atoms with Gasteiger partial charge in [0.15, 0.2) is 0 Å². The second kappa shape index (κ2) is 4.99. The van der Waals surface area contributed by atoms with Crippen LogP contribution in [0.25, 0.3) is 0 Å². The fraction of sp³-hybridized carbons (Fsp3) is 0.273. The van der Waals surface area contributed by atoms with Crippen LogP contribution in [-0.4, -0.2) is 15.0 Å². The first-order chi connectivity index (χ1) is 7.33. The summed E-state index contributed by atoms with van der Waals surface area (Å²) < 4.78 is 25.9. The third-order valence-electron chi connectivity index (χ3n) is 2.24. The summed E-state index contributed by atoms with van der Waals surface area (Å²) >= 11 is 5.51. The van der Waals surface area contributed by atoms with E-state index in [0.717, 1.165) is 11.1 Å². The number of rotatable bonds is 4. The van der Waals surface area contributed by atoms with E-state index in [0.29, 0.717) is 0 Å². The molecule has 0 atom stereocenters. The van der Waals surface area contributed by atoms with Crippen LogP contribution in [0, 0.1) is 13.8 Å². The molecular formula is C11H14ClNO2S. The quantitative estimate of drug-likeness (QED) is 0.902. The zero-order chi connectivity index (χ0) is 12.3. The molecule has 1 aromatic rings. The van der Waals surface area contributed by atoms with Gasteiger partial charge in [0, 0.05) is 11.6 Å². The molecule has 0 bridgehead atoms. The Balaban J connectivity index is 2.99. The summed E-state index contributed by atoms with van der Waals surface area (Å²) in [7, 11) is -3.49. The lowest BCUT2D eigenvalue weighted by molar-refractivity contribution is 0.585. The Bertz CT molecular complexity index is 509. The molecule has 5 heteroatoms. The van der Waals surface area contributed by atoms with Gasteiger partial charge in [-0.2, -0.15) is 0 Å². The number of halogens is 1. The molecule has 16 heavy (non-hydrogen) atoms. The van der Waals surface area contributed by atoms with Crippen LogP contribution in [-0.2, 0) is 10.0 Å². The van der Waals surface area contributed by atoms with Gasteiger partial charge >= 0.3 is 0 Å². The van der Waals surface area contributed by atoms with Crippen molar-refractivity contribution in [3.8, 4) is 0 Å². The normalized spacial score (nSPS) is 11.4. The molecule has 88 valence electrons. The van der Waals surface area contributed by atoms with Crippen LogP contribution in [0.1, 0.15) is 11.1 Å². The molecule has 1 aromatic carbocycles. The van der Waals surface area contributed by atoms with Gasteiger partial charge in [-0.25, -0.2) is 13.1 Å². The lowest BCUT2D eigenvalue weighted by Gasteiger charge is -2.07. The van der Waals surface area contributed by atoms with E-state index in [2.05, 4.69) is 11.3 Å². The third-order valence-corrected chi connectivity index (χ3v) is 3.78. The molecule has 0 unspecified atom stereocenters. The summed E-state index contributed by atoms with van der Waals surface area (Å²) in [6.07, 6.45) is 0. The Kier molecular flexibility index (Phi) is 4.13. The largest absolute Gasteiger partial charge is 0.240 e. The van der Waals surface area contributed by atoms with Gasteiger partial charge in [-0.3, -0.25) is 0 Å². The monoisotopic (exact) mass is 259 g/mol. The molecule has 0 aliphatic heterocycles. The lowest BCUT2D eigenvalue weighted by Crippen LogP contribution is -2.24. The van der Waals surface area contributed by atoms with E-state index in [1.807, 2.05) is 13.8 Å². The molecule has 0 aliphatic rings. The maximum Gasteiger partial charge on any atom is 0.240 e. The maximum absolute atomic E-state index is 11.8. The summed E-state index contributed by atoms with van der Waals surface area (Å²) in [5, 5.41) is 0.257. The van der Waals surface area contributed by atoms with E-state index >= 15 is 0 Å². The minimum absolute atomic E-state index is 0.0385. The van der Waals surface area contributed by atoms with Crippen LogP contribution in [0.15, 0.2) is 34.7 Å². The van der Waals surface area contributed by atoms with Gasteiger partial charge in [-0.15, -0.1) is 0 Å². The molecule has 0 fully saturated rings. The Hall–Kier alpha value is -0.840. The Morgan fingerprint density at radius 1 is 1.38 bits per heavy atom. The zero-order valence-electron chi connectivity index (χ0n) is 9.25. The van der Waals surface area contributed by atoms with Crippen molar-refractivity contribution in [2.45, 2.75) is 18.7 Å². The highest BCUT2D eigenvalue weighted by atomic mass is 35.5. The van der Waals surface area contributed by atoms with Crippen LogP contribution in [0.2, 0.25) is 0 Å². The van der Waals surface area contributed by atoms with Crippen LogP contribution < -0.4 is 4.72 Å². The number of hydrogen-bond acceptors (Lipinski definition) is 2. The van der Waals surface area contributed by atoms with Crippen molar-refractivity contribution < 1.29 is 8.42 Å². The number of hydrogen-bond donors (Lipinski definition) is 1. The van der Waals surface area contributed by atoms with Crippen molar-refractivity contribution in [3.05, 3.63) is 40.9 Å². The van der Waals surface area contributed by atoms with Crippen molar-refractivity contribution >= 4 is 21.6 Å². The van der Waals surface area contributed by atoms with Crippen molar-refractivity contribution in [2.24, 2.45) is 0 Å². The van der Waals surface area contributed by atoms with E-state index in [4.69, 9.17) is 11.6 Å². The number of nitrogens with one attached hydrogen (secondary N) is 1. The SMILES string of the molecule is C=C(Cl)CNS(=O)(=O)c1ccc(C)c(C)c1. The fourth-order valence-electron chi connectivity index (χ4n) is 1.14. The van der Waals surface area contributed by atoms with Gasteiger partial charge in [0.25, 0.3) is 0 Å². The molecule has 0 saturated carbocycles. The average Bonchev–Trinajstić information content (AvgIpc) is 2.19. The van der Waals surface area contributed by atoms with Crippen LogP contribution in [0.4, 0.5) is 0 Å². The molecule has 0 radical (unpaired) electrons. The predicted octanol–water partition coefficient (Wildman–Crippen LogP) is 2.33. The van der Waals surface area contributed by atoms with Gasteiger partial charge in [0.05, 0.1) is 4.90 Å². The second-order valence-corrected chi connectivity index (χ2v) is 5.89. The summed E-state index contributed by atoms with van der Waals surface area (Å²) in [6, 6.07) is 4.98. The Labute approximate surface area is 101 Å². The number of aryl methyl sites for hydroxylation is 2. The maximum atomic E-state index is 11.8. The van der Waals surface area contributed by atoms with E-state index in [9.17, 15) is 8.42 Å². The average molecular weight is 260 g/mol. The fourth-order valence-corrected chi connectivity index (χ4v) is 2.39. The second-order valence-electron chi connectivity index (χ2n) is 3.59. The summed E-state index contributed by atoms with van der Waals surface area (Å²) in [6.45, 7) is 7.26. The zero-order valence-corrected chi connectivity index (χ0v) is 10.8. The van der Waals surface area contributed by atoms with Gasteiger partial charge in [0.1, 0.15) is 0 Å². The first-order valence-electron chi connectivity index (χ1n) is 4.73. The first-order valence-corrected chi connectivity index (χ1v) is 6.59. The highest BCUT2D eigenvalue weighted by molar-refractivity contribution is 7.89. The molecule has 0 heterocycles. The van der Waals surface area contributed by atoms with E-state index in [1.54, 1.807) is 18.2 Å². The topological polar surface area (TPSA) is 46.2 Å². The van der Waals surface area contributed by atoms with Crippen molar-refractivity contribution in [1.29, 1.82) is 0 Å². The number of sulfonamides is 1. The van der Waals surface area contributed by atoms with Gasteiger partial charge in [0.2, 0.25) is 10.0 Å². The summed E-state index contributed by atoms with van der Waals surface area (Å²) in [5.74, 6) is 0. The van der Waals surface area contributed by atoms with E-state index in [-0.39, 0.29) is 16.5 Å². The molecule has 0 aromatic heterocycles. The third kappa shape index (κ3) is 3.33. The molecule has 1 N–H and O–H groups in total. The predicted molar refractivity (Wildman–Crippen MR) is 66.1 cm³/mol. The smallest absolute Gasteiger partial charge is 0.207 e. The molecule has 0 saturated heterocycles. The Morgan fingerprint density at radius 3 is 2.50 bits per heavy atom. The highest BCUT2D eigenvalue weighted by Crippen LogP contribution is 2.14. The van der Waals surface area contributed by atoms with Crippen molar-refractivity contribution in [2.75, 3.05) is 6.54 Å². The minimum Gasteiger partial charge on any atom is -0.207 e. The van der Waals surface area contributed by atoms with Crippen molar-refractivity contribution in [1.82, 2.24) is 4.72 Å². The highest BCUT2D eigenvalue weighted by Gasteiger charge is 2.13. The summed E-state index contributed by atoms with van der Waals surface area (Å²) in [4.78, 5) is 0.244. The standard InChI is InChI=1S/C11H14ClNO2S/c1-8-4-5-11(6-9(8)2)16(14,15)13-7-10(3)12/h4-6,13H,3,7H2,1-2H3. The molecule has 0 amide bonds. The van der Waals surface area contributed by atoms with Gasteiger partial charge < -0.3 is 0 Å². The van der Waals surface area contributed by atoms with Crippen LogP contribution in [0.5, 0.6) is 0 Å². The number of benzene rings is 1. The molecular weight excluding hydrogens is 246 g/mol. The van der Waals surface area contributed by atoms with E-state index < -0.39 is 10.0 Å². The molecule has 1 rings (SSSR count). The lowest BCUT2D eigenvalue weighted by atomic mass is 10.1. The van der Waals surface area contributed by atoms with Crippen molar-refractivity contribution in [3.63, 3.8) is 0 Å². The van der Waals surface area contributed by atoms with Crippen LogP contribution >= 0.6 is 11.6 Å². The first kappa shape index (κ1) is 13.2. The molecule has 0 aliphatic carbocycles. The van der Waals surface area contributed by atoms with Crippen LogP contribution in [0.3, 0.4) is 0 Å². The molecule has 3 nitrogen and oxygen atoms in total. The summed E-state index contributed by atoms with van der Waals surface area (Å²) in [5.41, 5.74) is 1.99. The Morgan fingerprint density at radius 2 is 2.00 bits per heavy atom. The minimum atomic E-state index is -3.49.